The minimum atomic E-state index is 0.100. The minimum Gasteiger partial charge on any atom is -0.292 e. The molecule has 0 unspecified atom stereocenters. The van der Waals surface area contributed by atoms with Gasteiger partial charge in [-0.1, -0.05) is 6.92 Å². The number of hydrogen-bond donors (Lipinski definition) is 0. The standard InChI is InChI=1S/C10H11N3O/c1-3-8(14)9-7(2)12-10-11-5-4-6-13(9)10/h4-6H,3H2,1-2H3. The fraction of sp³-hybridized carbons (Fsp3) is 0.300. The molecule has 4 heteroatoms. The van der Waals surface area contributed by atoms with Crippen LogP contribution in [0.1, 0.15) is 29.5 Å². The number of carbonyl (C=O) groups excluding carboxylic acids is 1. The third kappa shape index (κ3) is 1.19. The summed E-state index contributed by atoms with van der Waals surface area (Å²) in [5.41, 5.74) is 1.39. The molecule has 72 valence electrons. The van der Waals surface area contributed by atoms with Crippen molar-refractivity contribution in [2.24, 2.45) is 0 Å². The summed E-state index contributed by atoms with van der Waals surface area (Å²) in [6.07, 6.45) is 3.97. The van der Waals surface area contributed by atoms with Crippen molar-refractivity contribution in [2.75, 3.05) is 0 Å². The van der Waals surface area contributed by atoms with Gasteiger partial charge in [0.1, 0.15) is 5.69 Å². The number of imidazole rings is 1. The summed E-state index contributed by atoms with van der Waals surface area (Å²) < 4.78 is 1.74. The van der Waals surface area contributed by atoms with Gasteiger partial charge in [-0.15, -0.1) is 0 Å². The average Bonchev–Trinajstić information content (AvgIpc) is 2.53. The van der Waals surface area contributed by atoms with E-state index in [9.17, 15) is 4.79 Å². The summed E-state index contributed by atoms with van der Waals surface area (Å²) in [5, 5.41) is 0. The molecule has 0 aliphatic carbocycles. The molecule has 2 aromatic heterocycles. The Hall–Kier alpha value is -1.71. The Morgan fingerprint density at radius 3 is 3.07 bits per heavy atom. The molecule has 0 saturated heterocycles. The number of aryl methyl sites for hydroxylation is 1. The van der Waals surface area contributed by atoms with E-state index in [1.165, 1.54) is 0 Å². The van der Waals surface area contributed by atoms with Crippen LogP contribution in [0, 0.1) is 6.92 Å². The summed E-state index contributed by atoms with van der Waals surface area (Å²) in [7, 11) is 0. The predicted octanol–water partition coefficient (Wildman–Crippen LogP) is 1.63. The van der Waals surface area contributed by atoms with Crippen LogP contribution in [0.4, 0.5) is 0 Å². The molecular formula is C10H11N3O. The van der Waals surface area contributed by atoms with Gasteiger partial charge in [0.05, 0.1) is 5.69 Å². The first-order chi connectivity index (χ1) is 6.74. The molecule has 0 amide bonds. The van der Waals surface area contributed by atoms with Crippen molar-refractivity contribution < 1.29 is 4.79 Å². The molecule has 0 aliphatic heterocycles. The molecule has 4 nitrogen and oxygen atoms in total. The van der Waals surface area contributed by atoms with Gasteiger partial charge in [0, 0.05) is 18.8 Å². The molecule has 0 fully saturated rings. The topological polar surface area (TPSA) is 47.3 Å². The summed E-state index contributed by atoms with van der Waals surface area (Å²) >= 11 is 0. The molecule has 0 spiro atoms. The Balaban J connectivity index is 2.74. The van der Waals surface area contributed by atoms with E-state index < -0.39 is 0 Å². The summed E-state index contributed by atoms with van der Waals surface area (Å²) in [5.74, 6) is 0.685. The van der Waals surface area contributed by atoms with E-state index >= 15 is 0 Å². The fourth-order valence-corrected chi connectivity index (χ4v) is 1.50. The molecule has 2 aromatic rings. The van der Waals surface area contributed by atoms with Crippen LogP contribution in [0.15, 0.2) is 18.5 Å². The summed E-state index contributed by atoms with van der Waals surface area (Å²) in [4.78, 5) is 19.9. The van der Waals surface area contributed by atoms with Crippen molar-refractivity contribution in [1.29, 1.82) is 0 Å². The van der Waals surface area contributed by atoms with E-state index in [4.69, 9.17) is 0 Å². The third-order valence-corrected chi connectivity index (χ3v) is 2.16. The maximum absolute atomic E-state index is 11.6. The maximum Gasteiger partial charge on any atom is 0.234 e. The largest absolute Gasteiger partial charge is 0.292 e. The van der Waals surface area contributed by atoms with Crippen LogP contribution < -0.4 is 0 Å². The molecule has 0 bridgehead atoms. The Kier molecular flexibility index (Phi) is 2.04. The highest BCUT2D eigenvalue weighted by molar-refractivity contribution is 5.96. The Morgan fingerprint density at radius 1 is 1.57 bits per heavy atom. The Bertz CT molecular complexity index is 487. The van der Waals surface area contributed by atoms with Crippen LogP contribution in [0.25, 0.3) is 5.78 Å². The molecular weight excluding hydrogens is 178 g/mol. The van der Waals surface area contributed by atoms with Crippen molar-refractivity contribution in [3.63, 3.8) is 0 Å². The van der Waals surface area contributed by atoms with Crippen molar-refractivity contribution in [3.05, 3.63) is 29.8 Å². The molecule has 0 saturated carbocycles. The highest BCUT2D eigenvalue weighted by Gasteiger charge is 2.14. The van der Waals surface area contributed by atoms with Gasteiger partial charge < -0.3 is 0 Å². The lowest BCUT2D eigenvalue weighted by Crippen LogP contribution is -2.03. The zero-order valence-corrected chi connectivity index (χ0v) is 8.19. The summed E-state index contributed by atoms with van der Waals surface area (Å²) in [6, 6.07) is 1.79. The lowest BCUT2D eigenvalue weighted by Gasteiger charge is -1.98. The number of hydrogen-bond acceptors (Lipinski definition) is 3. The zero-order chi connectivity index (χ0) is 10.1. The number of aromatic nitrogens is 3. The van der Waals surface area contributed by atoms with Crippen molar-refractivity contribution >= 4 is 11.6 Å². The second kappa shape index (κ2) is 3.21. The van der Waals surface area contributed by atoms with Gasteiger partial charge >= 0.3 is 0 Å². The van der Waals surface area contributed by atoms with Gasteiger partial charge in [-0.2, -0.15) is 0 Å². The average molecular weight is 189 g/mol. The number of nitrogens with zero attached hydrogens (tertiary/aromatic N) is 3. The first-order valence-electron chi connectivity index (χ1n) is 4.57. The van der Waals surface area contributed by atoms with Crippen LogP contribution in [0.5, 0.6) is 0 Å². The molecule has 2 heterocycles. The van der Waals surface area contributed by atoms with Gasteiger partial charge in [0.25, 0.3) is 0 Å². The molecule has 2 rings (SSSR count). The number of fused-ring (bicyclic) bond motifs is 1. The lowest BCUT2D eigenvalue weighted by molar-refractivity contribution is 0.0982. The van der Waals surface area contributed by atoms with Crippen molar-refractivity contribution in [2.45, 2.75) is 20.3 Å². The maximum atomic E-state index is 11.6. The molecule has 0 radical (unpaired) electrons. The van der Waals surface area contributed by atoms with Gasteiger partial charge in [0.15, 0.2) is 5.78 Å². The Morgan fingerprint density at radius 2 is 2.36 bits per heavy atom. The molecule has 0 aromatic carbocycles. The fourth-order valence-electron chi connectivity index (χ4n) is 1.50. The SMILES string of the molecule is CCC(=O)c1c(C)nc2ncccn12. The third-order valence-electron chi connectivity index (χ3n) is 2.16. The van der Waals surface area contributed by atoms with Crippen molar-refractivity contribution in [3.8, 4) is 0 Å². The summed E-state index contributed by atoms with van der Waals surface area (Å²) in [6.45, 7) is 3.68. The van der Waals surface area contributed by atoms with Gasteiger partial charge in [-0.05, 0) is 13.0 Å². The minimum absolute atomic E-state index is 0.100. The monoisotopic (exact) mass is 189 g/mol. The predicted molar refractivity (Wildman–Crippen MR) is 52.3 cm³/mol. The number of rotatable bonds is 2. The molecule has 0 N–H and O–H groups in total. The first-order valence-corrected chi connectivity index (χ1v) is 4.57. The zero-order valence-electron chi connectivity index (χ0n) is 8.19. The van der Waals surface area contributed by atoms with E-state index in [1.54, 1.807) is 16.7 Å². The van der Waals surface area contributed by atoms with Gasteiger partial charge in [-0.25, -0.2) is 9.97 Å². The normalized spacial score (nSPS) is 10.7. The molecule has 14 heavy (non-hydrogen) atoms. The van der Waals surface area contributed by atoms with E-state index in [1.807, 2.05) is 20.0 Å². The Labute approximate surface area is 81.6 Å². The lowest BCUT2D eigenvalue weighted by atomic mass is 10.2. The van der Waals surface area contributed by atoms with E-state index in [-0.39, 0.29) is 5.78 Å². The van der Waals surface area contributed by atoms with E-state index in [0.717, 1.165) is 5.69 Å². The number of ketones is 1. The van der Waals surface area contributed by atoms with E-state index in [2.05, 4.69) is 9.97 Å². The second-order valence-electron chi connectivity index (χ2n) is 3.11. The van der Waals surface area contributed by atoms with Gasteiger partial charge in [0.2, 0.25) is 5.78 Å². The highest BCUT2D eigenvalue weighted by Crippen LogP contribution is 2.11. The van der Waals surface area contributed by atoms with Crippen LogP contribution in [-0.2, 0) is 0 Å². The van der Waals surface area contributed by atoms with E-state index in [0.29, 0.717) is 17.9 Å². The highest BCUT2D eigenvalue weighted by atomic mass is 16.1. The molecule has 0 aliphatic rings. The number of Topliss-reactive ketones (excluding diaryl/α,β-unsaturated/α-hetero) is 1. The van der Waals surface area contributed by atoms with Crippen LogP contribution in [-0.4, -0.2) is 20.2 Å². The van der Waals surface area contributed by atoms with Crippen LogP contribution in [0.3, 0.4) is 0 Å². The molecule has 0 atom stereocenters. The van der Waals surface area contributed by atoms with Crippen LogP contribution in [0.2, 0.25) is 0 Å². The quantitative estimate of drug-likeness (QED) is 0.674. The van der Waals surface area contributed by atoms with Crippen LogP contribution >= 0.6 is 0 Å². The van der Waals surface area contributed by atoms with Gasteiger partial charge in [-0.3, -0.25) is 9.20 Å². The first kappa shape index (κ1) is 8.87. The smallest absolute Gasteiger partial charge is 0.234 e. The van der Waals surface area contributed by atoms with Crippen molar-refractivity contribution in [1.82, 2.24) is 14.4 Å². The number of carbonyl (C=O) groups is 1. The second-order valence-corrected chi connectivity index (χ2v) is 3.11.